The van der Waals surface area contributed by atoms with Gasteiger partial charge in [0.15, 0.2) is 6.10 Å². The molecule has 0 fully saturated rings. The first-order valence-electron chi connectivity index (χ1n) is 27.2. The molecular formula is C60H100O6. The van der Waals surface area contributed by atoms with E-state index in [0.717, 1.165) is 122 Å². The van der Waals surface area contributed by atoms with Gasteiger partial charge in [-0.3, -0.25) is 14.4 Å². The Morgan fingerprint density at radius 3 is 0.924 bits per heavy atom. The Kier molecular flexibility index (Phi) is 50.9. The normalized spacial score (nSPS) is 12.8. The number of rotatable bonds is 48. The van der Waals surface area contributed by atoms with Crippen molar-refractivity contribution < 1.29 is 28.6 Å². The molecule has 0 saturated heterocycles. The summed E-state index contributed by atoms with van der Waals surface area (Å²) in [4.78, 5) is 37.8. The zero-order chi connectivity index (χ0) is 47.9. The van der Waals surface area contributed by atoms with Crippen LogP contribution < -0.4 is 0 Å². The fourth-order valence-electron chi connectivity index (χ4n) is 7.31. The first kappa shape index (κ1) is 62.3. The third-order valence-corrected chi connectivity index (χ3v) is 11.3. The molecule has 0 aromatic carbocycles. The summed E-state index contributed by atoms with van der Waals surface area (Å²) in [6.45, 7) is 6.33. The molecule has 66 heavy (non-hydrogen) atoms. The molecule has 0 N–H and O–H groups in total. The number of hydrogen-bond donors (Lipinski definition) is 0. The molecule has 376 valence electrons. The van der Waals surface area contributed by atoms with Gasteiger partial charge in [0.25, 0.3) is 0 Å². The molecule has 6 heteroatoms. The molecular weight excluding hydrogens is 817 g/mol. The van der Waals surface area contributed by atoms with Crippen LogP contribution in [-0.2, 0) is 28.6 Å². The topological polar surface area (TPSA) is 78.9 Å². The Bertz CT molecular complexity index is 1330. The molecule has 0 aromatic rings. The van der Waals surface area contributed by atoms with Gasteiger partial charge in [-0.15, -0.1) is 0 Å². The number of allylic oxidation sites excluding steroid dienone is 16. The maximum absolute atomic E-state index is 12.8. The highest BCUT2D eigenvalue weighted by atomic mass is 16.6. The fourth-order valence-corrected chi connectivity index (χ4v) is 7.31. The van der Waals surface area contributed by atoms with E-state index in [1.807, 2.05) is 0 Å². The lowest BCUT2D eigenvalue weighted by molar-refractivity contribution is -0.167. The minimum atomic E-state index is -0.788. The van der Waals surface area contributed by atoms with Crippen molar-refractivity contribution in [3.8, 4) is 0 Å². The Morgan fingerprint density at radius 1 is 0.318 bits per heavy atom. The van der Waals surface area contributed by atoms with Crippen molar-refractivity contribution in [3.63, 3.8) is 0 Å². The monoisotopic (exact) mass is 917 g/mol. The van der Waals surface area contributed by atoms with Gasteiger partial charge in [0.05, 0.1) is 0 Å². The second-order valence-corrected chi connectivity index (χ2v) is 17.7. The first-order chi connectivity index (χ1) is 32.5. The summed E-state index contributed by atoms with van der Waals surface area (Å²) < 4.78 is 16.7. The highest BCUT2D eigenvalue weighted by Crippen LogP contribution is 2.15. The number of carbonyl (C=O) groups excluding carboxylic acids is 3. The lowest BCUT2D eigenvalue weighted by Crippen LogP contribution is -2.30. The highest BCUT2D eigenvalue weighted by molar-refractivity contribution is 5.71. The van der Waals surface area contributed by atoms with E-state index in [1.54, 1.807) is 0 Å². The standard InChI is InChI=1S/C60H100O6/c1-4-7-10-13-16-18-20-22-24-26-27-28-29-30-31-32-33-35-36-38-40-42-44-47-50-53-59(62)65-56-57(55-64-58(61)52-49-46-15-12-9-6-3)66-60(63)54-51-48-45-43-41-39-37-34-25-23-21-19-17-14-11-8-5-2/h7-8,10-11,16-19,22-25,27-28,37,39,57H,4-6,9,12-15,20-21,26,29-36,38,40-56H2,1-3H3/b10-7-,11-8-,18-16-,19-17-,24-22-,25-23-,28-27-,39-37-. The second kappa shape index (κ2) is 53.9. The predicted octanol–water partition coefficient (Wildman–Crippen LogP) is 18.1. The summed E-state index contributed by atoms with van der Waals surface area (Å²) in [5.41, 5.74) is 0. The number of unbranched alkanes of at least 4 members (excludes halogenated alkanes) is 21. The van der Waals surface area contributed by atoms with E-state index >= 15 is 0 Å². The SMILES string of the molecule is CC/C=C\C/C=C\C/C=C\C/C=C\CCCCCCCCCCCCCCC(=O)OCC(COC(=O)CCCCCCCC)OC(=O)CCCCCC/C=C\C/C=C\C/C=C\C/C=C\CC. The van der Waals surface area contributed by atoms with Gasteiger partial charge in [0, 0.05) is 19.3 Å². The largest absolute Gasteiger partial charge is 0.462 e. The number of esters is 3. The van der Waals surface area contributed by atoms with Gasteiger partial charge in [-0.1, -0.05) is 227 Å². The molecule has 1 unspecified atom stereocenters. The zero-order valence-electron chi connectivity index (χ0n) is 42.9. The molecule has 0 saturated carbocycles. The molecule has 0 spiro atoms. The maximum Gasteiger partial charge on any atom is 0.306 e. The van der Waals surface area contributed by atoms with Crippen LogP contribution in [0.15, 0.2) is 97.2 Å². The van der Waals surface area contributed by atoms with Crippen LogP contribution in [0.5, 0.6) is 0 Å². The van der Waals surface area contributed by atoms with Gasteiger partial charge in [-0.2, -0.15) is 0 Å². The lowest BCUT2D eigenvalue weighted by Gasteiger charge is -2.18. The van der Waals surface area contributed by atoms with E-state index < -0.39 is 6.10 Å². The summed E-state index contributed by atoms with van der Waals surface area (Å²) in [5.74, 6) is -0.924. The molecule has 6 nitrogen and oxygen atoms in total. The number of carbonyl (C=O) groups is 3. The molecule has 0 aliphatic rings. The summed E-state index contributed by atoms with van der Waals surface area (Å²) in [6.07, 6.45) is 71.4. The van der Waals surface area contributed by atoms with Gasteiger partial charge in [0.2, 0.25) is 0 Å². The Hall–Kier alpha value is -3.67. The second-order valence-electron chi connectivity index (χ2n) is 17.7. The van der Waals surface area contributed by atoms with Crippen molar-refractivity contribution in [1.29, 1.82) is 0 Å². The zero-order valence-corrected chi connectivity index (χ0v) is 42.9. The van der Waals surface area contributed by atoms with Crippen LogP contribution in [-0.4, -0.2) is 37.2 Å². The van der Waals surface area contributed by atoms with E-state index in [4.69, 9.17) is 14.2 Å². The van der Waals surface area contributed by atoms with Crippen molar-refractivity contribution in [2.45, 2.75) is 252 Å². The smallest absolute Gasteiger partial charge is 0.306 e. The van der Waals surface area contributed by atoms with Crippen molar-refractivity contribution in [2.75, 3.05) is 13.2 Å². The van der Waals surface area contributed by atoms with E-state index in [2.05, 4.69) is 118 Å². The average molecular weight is 917 g/mol. The van der Waals surface area contributed by atoms with Crippen molar-refractivity contribution in [3.05, 3.63) is 97.2 Å². The minimum absolute atomic E-state index is 0.0881. The molecule has 0 heterocycles. The quantitative estimate of drug-likeness (QED) is 0.0262. The Morgan fingerprint density at radius 2 is 0.591 bits per heavy atom. The van der Waals surface area contributed by atoms with E-state index in [9.17, 15) is 14.4 Å². The molecule has 0 rings (SSSR count). The van der Waals surface area contributed by atoms with Crippen molar-refractivity contribution in [1.82, 2.24) is 0 Å². The van der Waals surface area contributed by atoms with Crippen LogP contribution in [0.25, 0.3) is 0 Å². The molecule has 0 radical (unpaired) electrons. The van der Waals surface area contributed by atoms with E-state index in [-0.39, 0.29) is 31.1 Å². The number of ether oxygens (including phenoxy) is 3. The maximum atomic E-state index is 12.8. The van der Waals surface area contributed by atoms with Crippen LogP contribution in [0.1, 0.15) is 245 Å². The molecule has 0 bridgehead atoms. The van der Waals surface area contributed by atoms with Gasteiger partial charge in [-0.05, 0) is 96.3 Å². The molecule has 0 aliphatic carbocycles. The summed E-state index contributed by atoms with van der Waals surface area (Å²) in [6, 6.07) is 0. The number of hydrogen-bond acceptors (Lipinski definition) is 6. The first-order valence-corrected chi connectivity index (χ1v) is 27.2. The van der Waals surface area contributed by atoms with E-state index in [0.29, 0.717) is 19.3 Å². The van der Waals surface area contributed by atoms with E-state index in [1.165, 1.54) is 83.5 Å². The predicted molar refractivity (Wildman–Crippen MR) is 284 cm³/mol. The average Bonchev–Trinajstić information content (AvgIpc) is 3.31. The third kappa shape index (κ3) is 51.3. The van der Waals surface area contributed by atoms with Gasteiger partial charge < -0.3 is 14.2 Å². The highest BCUT2D eigenvalue weighted by Gasteiger charge is 2.19. The molecule has 0 aliphatic heterocycles. The van der Waals surface area contributed by atoms with Crippen molar-refractivity contribution >= 4 is 17.9 Å². The van der Waals surface area contributed by atoms with Crippen LogP contribution in [0.3, 0.4) is 0 Å². The van der Waals surface area contributed by atoms with Crippen LogP contribution >= 0.6 is 0 Å². The summed E-state index contributed by atoms with van der Waals surface area (Å²) in [7, 11) is 0. The van der Waals surface area contributed by atoms with Crippen molar-refractivity contribution in [2.24, 2.45) is 0 Å². The molecule has 1 atom stereocenters. The van der Waals surface area contributed by atoms with Crippen LogP contribution in [0.2, 0.25) is 0 Å². The van der Waals surface area contributed by atoms with Gasteiger partial charge >= 0.3 is 17.9 Å². The van der Waals surface area contributed by atoms with Crippen LogP contribution in [0, 0.1) is 0 Å². The van der Waals surface area contributed by atoms with Crippen LogP contribution in [0.4, 0.5) is 0 Å². The molecule has 0 amide bonds. The molecule has 0 aromatic heterocycles. The minimum Gasteiger partial charge on any atom is -0.462 e. The summed E-state index contributed by atoms with van der Waals surface area (Å²) in [5, 5.41) is 0. The Balaban J connectivity index is 4.18. The fraction of sp³-hybridized carbons (Fsp3) is 0.683. The summed E-state index contributed by atoms with van der Waals surface area (Å²) >= 11 is 0. The Labute approximate surface area is 407 Å². The third-order valence-electron chi connectivity index (χ3n) is 11.3. The van der Waals surface area contributed by atoms with Gasteiger partial charge in [-0.25, -0.2) is 0 Å². The van der Waals surface area contributed by atoms with Gasteiger partial charge in [0.1, 0.15) is 13.2 Å². The lowest BCUT2D eigenvalue weighted by atomic mass is 10.0.